The molecule has 0 radical (unpaired) electrons. The Bertz CT molecular complexity index is 1100. The van der Waals surface area contributed by atoms with Crippen LogP contribution >= 0.6 is 7.82 Å². The van der Waals surface area contributed by atoms with Crippen LogP contribution in [0.4, 0.5) is 0 Å². The zero-order valence-corrected chi connectivity index (χ0v) is 35.1. The van der Waals surface area contributed by atoms with E-state index in [9.17, 15) is 34.7 Å². The van der Waals surface area contributed by atoms with Crippen molar-refractivity contribution in [3.05, 3.63) is 36.5 Å². The summed E-state index contributed by atoms with van der Waals surface area (Å²) in [4.78, 5) is 23.2. The molecule has 1 fully saturated rings. The van der Waals surface area contributed by atoms with Gasteiger partial charge in [-0.1, -0.05) is 121 Å². The van der Waals surface area contributed by atoms with E-state index in [-0.39, 0.29) is 31.3 Å². The van der Waals surface area contributed by atoms with Crippen LogP contribution in [-0.4, -0.2) is 113 Å². The number of allylic oxidation sites excluding steroid dienone is 3. The predicted molar refractivity (Wildman–Crippen MR) is 215 cm³/mol. The van der Waals surface area contributed by atoms with Gasteiger partial charge in [0.25, 0.3) is 0 Å². The maximum atomic E-state index is 12.9. The molecule has 316 valence electrons. The molecule has 1 amide bonds. The van der Waals surface area contributed by atoms with Gasteiger partial charge in [-0.2, -0.15) is 0 Å². The summed E-state index contributed by atoms with van der Waals surface area (Å²) < 4.78 is 29.1. The lowest BCUT2D eigenvalue weighted by molar-refractivity contribution is -0.870. The highest BCUT2D eigenvalue weighted by Gasteiger charge is 2.35. The second-order valence-corrected chi connectivity index (χ2v) is 17.3. The average Bonchev–Trinajstić information content (AvgIpc) is 3.09. The summed E-state index contributed by atoms with van der Waals surface area (Å²) in [7, 11) is 1.40. The first-order chi connectivity index (χ1) is 25.7. The fourth-order valence-corrected chi connectivity index (χ4v) is 6.93. The third-order valence-corrected chi connectivity index (χ3v) is 10.6. The monoisotopic (exact) mass is 790 g/mol. The number of quaternary nitrogens is 1. The summed E-state index contributed by atoms with van der Waals surface area (Å²) in [5.41, 5.74) is 0. The summed E-state index contributed by atoms with van der Waals surface area (Å²) in [5, 5.41) is 44.7. The van der Waals surface area contributed by atoms with Crippen molar-refractivity contribution in [1.82, 2.24) is 5.32 Å². The van der Waals surface area contributed by atoms with E-state index in [1.54, 1.807) is 18.2 Å². The number of hydrogen-bond acceptors (Lipinski definition) is 9. The Balaban J connectivity index is 2.66. The first kappa shape index (κ1) is 50.6. The Labute approximate surface area is 327 Å². The Kier molecular flexibility index (Phi) is 27.9. The van der Waals surface area contributed by atoms with Gasteiger partial charge in [0.2, 0.25) is 5.91 Å². The molecule has 1 aliphatic heterocycles. The quantitative estimate of drug-likeness (QED) is 0.0183. The molecule has 13 heteroatoms. The standard InChI is InChI=1S/C41H77N2O10P/c1-6-8-10-11-12-13-14-15-16-17-22-26-37(45)36(33-52-54(49,50)51-31-30-43(3,4)5)42-40(47)27-23-19-18-21-25-35-38(46)32-41(48)53-39(35)29-28-34(44)24-20-9-7-2/h18,21-22,26,28-29,34-39,41,44-46,48H,6-17,19-20,23-25,27,30-33H2,1-5H3,(H-,42,47,49,50)/p+1/b21-18-,26-22+,29-28+/t34-,35-,36-,37+,38-,39+,41?/m0/s1. The predicted octanol–water partition coefficient (Wildman–Crippen LogP) is 6.85. The molecule has 54 heavy (non-hydrogen) atoms. The molecule has 6 N–H and O–H groups in total. The lowest BCUT2D eigenvalue weighted by Gasteiger charge is -2.36. The third-order valence-electron chi connectivity index (χ3n) is 9.65. The van der Waals surface area contributed by atoms with Gasteiger partial charge in [0, 0.05) is 18.8 Å². The number of aliphatic hydroxyl groups excluding tert-OH is 4. The normalized spacial score (nSPS) is 22.6. The number of carbonyl (C=O) groups is 1. The van der Waals surface area contributed by atoms with Gasteiger partial charge in [-0.25, -0.2) is 4.57 Å². The van der Waals surface area contributed by atoms with Crippen LogP contribution in [0.3, 0.4) is 0 Å². The van der Waals surface area contributed by atoms with Crippen LogP contribution in [0.1, 0.15) is 136 Å². The van der Waals surface area contributed by atoms with Gasteiger partial charge >= 0.3 is 7.82 Å². The molecule has 12 nitrogen and oxygen atoms in total. The minimum Gasteiger partial charge on any atom is -0.393 e. The van der Waals surface area contributed by atoms with E-state index in [4.69, 9.17) is 13.8 Å². The number of likely N-dealkylation sites (N-methyl/N-ethyl adjacent to an activating group) is 1. The van der Waals surface area contributed by atoms with Crippen LogP contribution < -0.4 is 5.32 Å². The van der Waals surface area contributed by atoms with Crippen LogP contribution in [0.25, 0.3) is 0 Å². The van der Waals surface area contributed by atoms with Gasteiger partial charge in [-0.15, -0.1) is 0 Å². The lowest BCUT2D eigenvalue weighted by atomic mass is 9.87. The van der Waals surface area contributed by atoms with Gasteiger partial charge in [0.15, 0.2) is 6.29 Å². The highest BCUT2D eigenvalue weighted by molar-refractivity contribution is 7.47. The number of nitrogens with one attached hydrogen (secondary N) is 1. The molecule has 1 rings (SSSR count). The number of ether oxygens (including phenoxy) is 1. The largest absolute Gasteiger partial charge is 0.472 e. The minimum atomic E-state index is -4.41. The van der Waals surface area contributed by atoms with E-state index < -0.39 is 51.2 Å². The van der Waals surface area contributed by atoms with Crippen molar-refractivity contribution in [2.45, 2.75) is 173 Å². The minimum absolute atomic E-state index is 0.0112. The number of unbranched alkanes of at least 4 members (excludes halogenated alkanes) is 12. The van der Waals surface area contributed by atoms with E-state index in [2.05, 4.69) is 19.2 Å². The van der Waals surface area contributed by atoms with Gasteiger partial charge in [0.05, 0.1) is 58.2 Å². The molecular weight excluding hydrogens is 711 g/mol. The van der Waals surface area contributed by atoms with Crippen LogP contribution in [0.15, 0.2) is 36.5 Å². The molecule has 0 saturated carbocycles. The molecule has 0 spiro atoms. The third kappa shape index (κ3) is 26.4. The summed E-state index contributed by atoms with van der Waals surface area (Å²) in [6.45, 7) is 4.43. The van der Waals surface area contributed by atoms with E-state index in [1.807, 2.05) is 39.4 Å². The maximum absolute atomic E-state index is 12.9. The summed E-state index contributed by atoms with van der Waals surface area (Å²) in [6.07, 6.45) is 24.0. The van der Waals surface area contributed by atoms with Crippen LogP contribution in [0.2, 0.25) is 0 Å². The number of amides is 1. The van der Waals surface area contributed by atoms with Crippen molar-refractivity contribution in [2.75, 3.05) is 40.9 Å². The number of phosphoric ester groups is 1. The molecule has 0 aromatic rings. The second-order valence-electron chi connectivity index (χ2n) is 15.9. The van der Waals surface area contributed by atoms with Crippen molar-refractivity contribution in [3.63, 3.8) is 0 Å². The van der Waals surface area contributed by atoms with Gasteiger partial charge in [-0.3, -0.25) is 13.8 Å². The van der Waals surface area contributed by atoms with Gasteiger partial charge < -0.3 is 39.9 Å². The summed E-state index contributed by atoms with van der Waals surface area (Å²) in [6, 6.07) is -0.951. The summed E-state index contributed by atoms with van der Waals surface area (Å²) in [5.74, 6) is -0.614. The molecular formula is C41H78N2O10P+. The maximum Gasteiger partial charge on any atom is 0.472 e. The van der Waals surface area contributed by atoms with E-state index in [0.29, 0.717) is 36.7 Å². The molecule has 1 aliphatic rings. The van der Waals surface area contributed by atoms with Gasteiger partial charge in [0.1, 0.15) is 13.2 Å². The molecule has 2 unspecified atom stereocenters. The lowest BCUT2D eigenvalue weighted by Crippen LogP contribution is -2.45. The molecule has 1 saturated heterocycles. The molecule has 1 heterocycles. The van der Waals surface area contributed by atoms with Crippen molar-refractivity contribution in [2.24, 2.45) is 5.92 Å². The van der Waals surface area contributed by atoms with E-state index >= 15 is 0 Å². The Hall–Kier alpha value is -1.44. The van der Waals surface area contributed by atoms with E-state index in [1.165, 1.54) is 44.9 Å². The van der Waals surface area contributed by atoms with Crippen LogP contribution in [0, 0.1) is 5.92 Å². The van der Waals surface area contributed by atoms with Crippen molar-refractivity contribution in [3.8, 4) is 0 Å². The molecule has 0 aromatic heterocycles. The first-order valence-corrected chi connectivity index (χ1v) is 22.3. The van der Waals surface area contributed by atoms with Gasteiger partial charge in [-0.05, 0) is 38.5 Å². The highest BCUT2D eigenvalue weighted by atomic mass is 31.2. The fraction of sp³-hybridized carbons (Fsp3) is 0.829. The number of nitrogens with zero attached hydrogens (tertiary/aromatic N) is 1. The number of hydrogen-bond donors (Lipinski definition) is 6. The number of carbonyl (C=O) groups excluding carboxylic acids is 1. The molecule has 0 aliphatic carbocycles. The van der Waals surface area contributed by atoms with Crippen LogP contribution in [-0.2, 0) is 23.1 Å². The fourth-order valence-electron chi connectivity index (χ4n) is 6.20. The second kappa shape index (κ2) is 29.8. The van der Waals surface area contributed by atoms with E-state index in [0.717, 1.165) is 38.5 Å². The van der Waals surface area contributed by atoms with Crippen LogP contribution in [0.5, 0.6) is 0 Å². The first-order valence-electron chi connectivity index (χ1n) is 20.8. The Morgan fingerprint density at radius 3 is 2.17 bits per heavy atom. The summed E-state index contributed by atoms with van der Waals surface area (Å²) >= 11 is 0. The molecule has 8 atom stereocenters. The average molecular weight is 790 g/mol. The van der Waals surface area contributed by atoms with Crippen molar-refractivity contribution in [1.29, 1.82) is 0 Å². The van der Waals surface area contributed by atoms with Crippen molar-refractivity contribution >= 4 is 13.7 Å². The number of aliphatic hydroxyl groups is 4. The zero-order chi connectivity index (χ0) is 40.2. The topological polar surface area (TPSA) is 175 Å². The smallest absolute Gasteiger partial charge is 0.393 e. The highest BCUT2D eigenvalue weighted by Crippen LogP contribution is 2.43. The number of rotatable bonds is 32. The number of phosphoric acid groups is 1. The van der Waals surface area contributed by atoms with Crippen molar-refractivity contribution < 1.29 is 52.9 Å². The Morgan fingerprint density at radius 1 is 0.870 bits per heavy atom. The zero-order valence-electron chi connectivity index (χ0n) is 34.2. The SMILES string of the molecule is CCCCCCCCCCC/C=C/[C@@H](O)[C@H](COP(=O)(O)OCC[N+](C)(C)C)NC(=O)CCC/C=C\C[C@H]1[C@@H](O)CC(O)O[C@@H]1/C=C/[C@@H](O)CCCCC. The Morgan fingerprint density at radius 2 is 1.50 bits per heavy atom. The molecule has 0 bridgehead atoms. The molecule has 0 aromatic carbocycles.